The number of hydrogen-bond acceptors (Lipinski definition) is 6. The number of rotatable bonds is 4. The van der Waals surface area contributed by atoms with Crippen LogP contribution in [0, 0.1) is 10.1 Å². The first-order chi connectivity index (χ1) is 9.90. The van der Waals surface area contributed by atoms with Gasteiger partial charge in [-0.3, -0.25) is 24.5 Å². The summed E-state index contributed by atoms with van der Waals surface area (Å²) in [4.78, 5) is 45.7. The lowest BCUT2D eigenvalue weighted by Crippen LogP contribution is -2.41. The summed E-state index contributed by atoms with van der Waals surface area (Å²) in [6, 6.07) is 4.12. The van der Waals surface area contributed by atoms with Crippen LogP contribution in [0.1, 0.15) is 11.6 Å². The molecule has 0 spiro atoms. The van der Waals surface area contributed by atoms with Crippen LogP contribution in [0.3, 0.4) is 0 Å². The van der Waals surface area contributed by atoms with Crippen LogP contribution in [-0.2, 0) is 4.79 Å². The summed E-state index contributed by atoms with van der Waals surface area (Å²) >= 11 is 0. The van der Waals surface area contributed by atoms with Crippen molar-refractivity contribution in [2.75, 3.05) is 0 Å². The van der Waals surface area contributed by atoms with Crippen molar-refractivity contribution in [1.29, 1.82) is 0 Å². The first-order valence-electron chi connectivity index (χ1n) is 5.67. The minimum absolute atomic E-state index is 0.106. The number of aromatic amines is 1. The minimum Gasteiger partial charge on any atom is -0.547 e. The van der Waals surface area contributed by atoms with Crippen molar-refractivity contribution in [2.24, 2.45) is 0 Å². The van der Waals surface area contributed by atoms with Gasteiger partial charge < -0.3 is 9.90 Å². The fourth-order valence-electron chi connectivity index (χ4n) is 1.82. The molecule has 1 unspecified atom stereocenters. The molecule has 21 heavy (non-hydrogen) atoms. The van der Waals surface area contributed by atoms with E-state index in [1.807, 2.05) is 4.98 Å². The van der Waals surface area contributed by atoms with Gasteiger partial charge >= 0.3 is 5.69 Å². The molecule has 1 aromatic carbocycles. The number of carbonyl (C=O) groups is 1. The van der Waals surface area contributed by atoms with Gasteiger partial charge in [0, 0.05) is 24.4 Å². The number of nitro benzene ring substituents is 1. The van der Waals surface area contributed by atoms with Crippen LogP contribution >= 0.6 is 0 Å². The third-order valence-corrected chi connectivity index (χ3v) is 2.77. The molecule has 1 N–H and O–H groups in total. The lowest BCUT2D eigenvalue weighted by Gasteiger charge is -2.20. The zero-order chi connectivity index (χ0) is 15.6. The first kappa shape index (κ1) is 14.2. The zero-order valence-electron chi connectivity index (χ0n) is 10.4. The van der Waals surface area contributed by atoms with Crippen LogP contribution < -0.4 is 16.4 Å². The molecular weight excluding hydrogens is 282 g/mol. The van der Waals surface area contributed by atoms with E-state index in [0.717, 1.165) is 29.0 Å². The Morgan fingerprint density at radius 2 is 1.81 bits per heavy atom. The predicted octanol–water partition coefficient (Wildman–Crippen LogP) is -1.22. The number of aromatic nitrogens is 2. The topological polar surface area (TPSA) is 138 Å². The van der Waals surface area contributed by atoms with E-state index in [4.69, 9.17) is 0 Å². The number of nitrogens with zero attached hydrogens (tertiary/aromatic N) is 2. The summed E-state index contributed by atoms with van der Waals surface area (Å²) in [6.07, 6.45) is 1.02. The summed E-state index contributed by atoms with van der Waals surface area (Å²) in [6.45, 7) is 0. The highest BCUT2D eigenvalue weighted by molar-refractivity contribution is 5.74. The van der Waals surface area contributed by atoms with E-state index in [0.29, 0.717) is 0 Å². The van der Waals surface area contributed by atoms with E-state index >= 15 is 0 Å². The largest absolute Gasteiger partial charge is 0.547 e. The molecular formula is C12H8N3O6-. The molecule has 1 aromatic heterocycles. The summed E-state index contributed by atoms with van der Waals surface area (Å²) in [5.41, 5.74) is -1.70. The van der Waals surface area contributed by atoms with Crippen LogP contribution in [0.15, 0.2) is 46.1 Å². The van der Waals surface area contributed by atoms with Gasteiger partial charge in [-0.1, -0.05) is 0 Å². The quantitative estimate of drug-likeness (QED) is 0.553. The van der Waals surface area contributed by atoms with Crippen LogP contribution in [-0.4, -0.2) is 20.4 Å². The molecule has 0 aliphatic carbocycles. The number of carbonyl (C=O) groups excluding carboxylic acids is 1. The molecule has 2 rings (SSSR count). The second-order valence-corrected chi connectivity index (χ2v) is 4.09. The molecule has 0 aliphatic heterocycles. The number of carboxylic acid groups (broad SMARTS) is 1. The van der Waals surface area contributed by atoms with Crippen molar-refractivity contribution in [3.05, 3.63) is 73.0 Å². The first-order valence-corrected chi connectivity index (χ1v) is 5.67. The van der Waals surface area contributed by atoms with Gasteiger partial charge in [-0.25, -0.2) is 4.79 Å². The monoisotopic (exact) mass is 290 g/mol. The molecule has 0 amide bonds. The summed E-state index contributed by atoms with van der Waals surface area (Å²) in [7, 11) is 0. The highest BCUT2D eigenvalue weighted by atomic mass is 16.6. The van der Waals surface area contributed by atoms with Crippen LogP contribution in [0.5, 0.6) is 0 Å². The standard InChI is InChI=1S/C12H9N3O6/c16-9-5-6-14(12(19)13-9)10(11(17)18)7-1-3-8(4-2-7)15(20)21/h1-6,10H,(H,17,18)(H,13,16,19)/p-1. The second-order valence-electron chi connectivity index (χ2n) is 4.09. The van der Waals surface area contributed by atoms with Gasteiger partial charge in [-0.05, 0) is 17.7 Å². The fourth-order valence-corrected chi connectivity index (χ4v) is 1.82. The van der Waals surface area contributed by atoms with Gasteiger partial charge in [-0.2, -0.15) is 0 Å². The van der Waals surface area contributed by atoms with Gasteiger partial charge in [0.05, 0.1) is 10.9 Å². The Hall–Kier alpha value is -3.23. The maximum absolute atomic E-state index is 11.6. The number of aliphatic carboxylic acids is 1. The molecule has 0 radical (unpaired) electrons. The molecule has 0 saturated carbocycles. The van der Waals surface area contributed by atoms with Crippen molar-refractivity contribution in [3.8, 4) is 0 Å². The van der Waals surface area contributed by atoms with Crippen molar-refractivity contribution < 1.29 is 14.8 Å². The Morgan fingerprint density at radius 3 is 2.29 bits per heavy atom. The van der Waals surface area contributed by atoms with Crippen molar-refractivity contribution in [3.63, 3.8) is 0 Å². The number of hydrogen-bond donors (Lipinski definition) is 1. The SMILES string of the molecule is O=C([O-])C(c1ccc([N+](=O)[O-])cc1)n1ccc(=O)[nH]c1=O. The highest BCUT2D eigenvalue weighted by Gasteiger charge is 2.17. The summed E-state index contributed by atoms with van der Waals surface area (Å²) in [5, 5.41) is 21.8. The number of H-pyrrole nitrogens is 1. The number of non-ortho nitro benzene ring substituents is 1. The van der Waals surface area contributed by atoms with Crippen LogP contribution in [0.25, 0.3) is 0 Å². The van der Waals surface area contributed by atoms with Gasteiger partial charge in [0.15, 0.2) is 0 Å². The van der Waals surface area contributed by atoms with Crippen LogP contribution in [0.2, 0.25) is 0 Å². The van der Waals surface area contributed by atoms with Crippen molar-refractivity contribution in [1.82, 2.24) is 9.55 Å². The molecule has 1 atom stereocenters. The maximum Gasteiger partial charge on any atom is 0.329 e. The average Bonchev–Trinajstić information content (AvgIpc) is 2.42. The fraction of sp³-hybridized carbons (Fsp3) is 0.0833. The third-order valence-electron chi connectivity index (χ3n) is 2.77. The van der Waals surface area contributed by atoms with E-state index in [-0.39, 0.29) is 11.3 Å². The lowest BCUT2D eigenvalue weighted by atomic mass is 10.1. The van der Waals surface area contributed by atoms with Crippen LogP contribution in [0.4, 0.5) is 5.69 Å². The van der Waals surface area contributed by atoms with Gasteiger partial charge in [0.1, 0.15) is 6.04 Å². The average molecular weight is 290 g/mol. The summed E-state index contributed by atoms with van der Waals surface area (Å²) < 4.78 is 0.762. The Balaban J connectivity index is 2.53. The van der Waals surface area contributed by atoms with E-state index in [1.54, 1.807) is 0 Å². The molecule has 2 aromatic rings. The molecule has 0 saturated heterocycles. The van der Waals surface area contributed by atoms with E-state index in [2.05, 4.69) is 0 Å². The second kappa shape index (κ2) is 5.41. The number of nitro groups is 1. The highest BCUT2D eigenvalue weighted by Crippen LogP contribution is 2.19. The predicted molar refractivity (Wildman–Crippen MR) is 67.6 cm³/mol. The van der Waals surface area contributed by atoms with Gasteiger partial charge in [0.2, 0.25) is 0 Å². The number of nitrogens with one attached hydrogen (secondary N) is 1. The molecule has 0 aliphatic rings. The van der Waals surface area contributed by atoms with Crippen molar-refractivity contribution in [2.45, 2.75) is 6.04 Å². The number of benzene rings is 1. The maximum atomic E-state index is 11.6. The van der Waals surface area contributed by atoms with Crippen molar-refractivity contribution >= 4 is 11.7 Å². The normalized spacial score (nSPS) is 11.8. The van der Waals surface area contributed by atoms with E-state index in [9.17, 15) is 29.6 Å². The third kappa shape index (κ3) is 2.86. The molecule has 9 heteroatoms. The zero-order valence-corrected chi connectivity index (χ0v) is 10.4. The smallest absolute Gasteiger partial charge is 0.329 e. The minimum atomic E-state index is -1.59. The summed E-state index contributed by atoms with van der Waals surface area (Å²) in [5.74, 6) is -1.59. The van der Waals surface area contributed by atoms with E-state index < -0.39 is 28.2 Å². The molecule has 0 bridgehead atoms. The van der Waals surface area contributed by atoms with E-state index in [1.165, 1.54) is 12.1 Å². The lowest BCUT2D eigenvalue weighted by molar-refractivity contribution is -0.384. The number of carboxylic acids is 1. The molecule has 108 valence electrons. The Labute approximate surface area is 116 Å². The van der Waals surface area contributed by atoms with Gasteiger partial charge in [0.25, 0.3) is 11.2 Å². The Morgan fingerprint density at radius 1 is 1.19 bits per heavy atom. The molecule has 1 heterocycles. The Bertz CT molecular complexity index is 805. The molecule has 0 fully saturated rings. The van der Waals surface area contributed by atoms with Gasteiger partial charge in [-0.15, -0.1) is 0 Å². The Kier molecular flexibility index (Phi) is 3.65. The molecule has 9 nitrogen and oxygen atoms in total.